The van der Waals surface area contributed by atoms with Gasteiger partial charge in [0.1, 0.15) is 17.5 Å². The molecule has 2 amide bonds. The Kier molecular flexibility index (Phi) is 9.86. The number of hydrogen-bond acceptors (Lipinski definition) is 6. The van der Waals surface area contributed by atoms with Gasteiger partial charge in [0.25, 0.3) is 0 Å². The number of thiol groups is 1. The van der Waals surface area contributed by atoms with Gasteiger partial charge < -0.3 is 24.8 Å². The maximum absolute atomic E-state index is 13.6. The molecule has 190 valence electrons. The molecule has 0 unspecified atom stereocenters. The van der Waals surface area contributed by atoms with Crippen LogP contribution in [0, 0.1) is 5.41 Å². The standard InChI is InChI=1S/C27H36N2O5S/c1-4-34-21-10-12-27(18-35,13-11-21)26(31)29-24(14-19-8-6-5-7-9-19)25(30)28-20-15-22(32-2)17-23(16-20)33-3/h5-9,15-17,21,24,35H,4,10-14,18H2,1-3H3,(H,28,30)(H,29,31)/t21?,24-,27?/m0/s1. The Morgan fingerprint density at radius 1 is 1.06 bits per heavy atom. The van der Waals surface area contributed by atoms with Crippen LogP contribution >= 0.6 is 12.6 Å². The molecule has 0 radical (unpaired) electrons. The lowest BCUT2D eigenvalue weighted by molar-refractivity contribution is -0.136. The maximum Gasteiger partial charge on any atom is 0.247 e. The summed E-state index contributed by atoms with van der Waals surface area (Å²) in [6.45, 7) is 2.65. The Morgan fingerprint density at radius 2 is 1.69 bits per heavy atom. The highest BCUT2D eigenvalue weighted by Gasteiger charge is 2.42. The SMILES string of the molecule is CCOC1CCC(CS)(C(=O)N[C@@H](Cc2ccccc2)C(=O)Nc2cc(OC)cc(OC)c2)CC1. The normalized spacial score (nSPS) is 20.5. The minimum Gasteiger partial charge on any atom is -0.497 e. The van der Waals surface area contributed by atoms with E-state index in [0.29, 0.717) is 48.8 Å². The van der Waals surface area contributed by atoms with Gasteiger partial charge in [0, 0.05) is 42.7 Å². The summed E-state index contributed by atoms with van der Waals surface area (Å²) >= 11 is 4.54. The number of ether oxygens (including phenoxy) is 3. The second-order valence-corrected chi connectivity index (χ2v) is 9.22. The van der Waals surface area contributed by atoms with E-state index in [9.17, 15) is 9.59 Å². The number of anilines is 1. The first-order valence-corrected chi connectivity index (χ1v) is 12.7. The van der Waals surface area contributed by atoms with E-state index < -0.39 is 11.5 Å². The van der Waals surface area contributed by atoms with Crippen molar-refractivity contribution in [2.45, 2.75) is 51.2 Å². The molecule has 2 N–H and O–H groups in total. The lowest BCUT2D eigenvalue weighted by Gasteiger charge is -2.38. The zero-order valence-electron chi connectivity index (χ0n) is 20.7. The molecule has 0 spiro atoms. The molecule has 0 aliphatic heterocycles. The summed E-state index contributed by atoms with van der Waals surface area (Å²) in [6.07, 6.45) is 3.51. The predicted molar refractivity (Wildman–Crippen MR) is 140 cm³/mol. The van der Waals surface area contributed by atoms with Gasteiger partial charge in [-0.1, -0.05) is 30.3 Å². The van der Waals surface area contributed by atoms with E-state index in [-0.39, 0.29) is 17.9 Å². The van der Waals surface area contributed by atoms with Crippen molar-refractivity contribution in [2.24, 2.45) is 5.41 Å². The highest BCUT2D eigenvalue weighted by molar-refractivity contribution is 7.80. The summed E-state index contributed by atoms with van der Waals surface area (Å²) in [5, 5.41) is 5.97. The zero-order chi connectivity index (χ0) is 25.3. The van der Waals surface area contributed by atoms with Crippen LogP contribution in [0.15, 0.2) is 48.5 Å². The molecular weight excluding hydrogens is 464 g/mol. The minimum absolute atomic E-state index is 0.137. The molecule has 0 aromatic heterocycles. The van der Waals surface area contributed by atoms with Crippen molar-refractivity contribution in [2.75, 3.05) is 31.9 Å². The van der Waals surface area contributed by atoms with Crippen LogP contribution in [0.3, 0.4) is 0 Å². The van der Waals surface area contributed by atoms with Crippen LogP contribution < -0.4 is 20.1 Å². The molecule has 1 atom stereocenters. The lowest BCUT2D eigenvalue weighted by Crippen LogP contribution is -2.53. The van der Waals surface area contributed by atoms with Gasteiger partial charge in [-0.05, 0) is 38.2 Å². The first kappa shape index (κ1) is 26.9. The van der Waals surface area contributed by atoms with E-state index in [1.54, 1.807) is 32.4 Å². The van der Waals surface area contributed by atoms with Crippen molar-refractivity contribution < 1.29 is 23.8 Å². The van der Waals surface area contributed by atoms with Gasteiger partial charge in [0.2, 0.25) is 11.8 Å². The van der Waals surface area contributed by atoms with Crippen LogP contribution in [0.25, 0.3) is 0 Å². The number of amides is 2. The molecule has 1 aliphatic carbocycles. The highest BCUT2D eigenvalue weighted by Crippen LogP contribution is 2.39. The summed E-state index contributed by atoms with van der Waals surface area (Å²) in [7, 11) is 3.10. The molecule has 8 heteroatoms. The van der Waals surface area contributed by atoms with Gasteiger partial charge in [-0.15, -0.1) is 0 Å². The molecule has 0 heterocycles. The number of rotatable bonds is 11. The van der Waals surface area contributed by atoms with Crippen molar-refractivity contribution in [3.63, 3.8) is 0 Å². The topological polar surface area (TPSA) is 85.9 Å². The van der Waals surface area contributed by atoms with Crippen molar-refractivity contribution in [1.29, 1.82) is 0 Å². The molecule has 0 saturated heterocycles. The van der Waals surface area contributed by atoms with E-state index in [2.05, 4.69) is 23.3 Å². The molecular formula is C27H36N2O5S. The van der Waals surface area contributed by atoms with Crippen LogP contribution in [0.1, 0.15) is 38.2 Å². The second-order valence-electron chi connectivity index (χ2n) is 8.90. The van der Waals surface area contributed by atoms with Crippen molar-refractivity contribution in [3.8, 4) is 11.5 Å². The minimum atomic E-state index is -0.761. The predicted octanol–water partition coefficient (Wildman–Crippen LogP) is 4.27. The van der Waals surface area contributed by atoms with Crippen LogP contribution in [0.5, 0.6) is 11.5 Å². The van der Waals surface area contributed by atoms with Crippen molar-refractivity contribution in [1.82, 2.24) is 5.32 Å². The monoisotopic (exact) mass is 500 g/mol. The molecule has 1 aliphatic rings. The van der Waals surface area contributed by atoms with Crippen LogP contribution in [-0.2, 0) is 20.7 Å². The quantitative estimate of drug-likeness (QED) is 0.402. The first-order chi connectivity index (χ1) is 16.9. The lowest BCUT2D eigenvalue weighted by atomic mass is 9.73. The van der Waals surface area contributed by atoms with Crippen LogP contribution in [0.2, 0.25) is 0 Å². The fourth-order valence-corrected chi connectivity index (χ4v) is 4.94. The van der Waals surface area contributed by atoms with E-state index in [1.165, 1.54) is 0 Å². The third-order valence-electron chi connectivity index (χ3n) is 6.60. The fourth-order valence-electron chi connectivity index (χ4n) is 4.48. The summed E-state index contributed by atoms with van der Waals surface area (Å²) in [5.41, 5.74) is 0.862. The summed E-state index contributed by atoms with van der Waals surface area (Å²) < 4.78 is 16.4. The van der Waals surface area contributed by atoms with Crippen molar-refractivity contribution >= 4 is 30.1 Å². The number of methoxy groups -OCH3 is 2. The summed E-state index contributed by atoms with van der Waals surface area (Å²) in [5.74, 6) is 1.09. The van der Waals surface area contributed by atoms with Gasteiger partial charge >= 0.3 is 0 Å². The van der Waals surface area contributed by atoms with Gasteiger partial charge in [-0.25, -0.2) is 0 Å². The highest BCUT2D eigenvalue weighted by atomic mass is 32.1. The number of nitrogens with one attached hydrogen (secondary N) is 2. The Labute approximate surface area is 213 Å². The number of carbonyl (C=O) groups is 2. The van der Waals surface area contributed by atoms with Gasteiger partial charge in [0.15, 0.2) is 0 Å². The van der Waals surface area contributed by atoms with Crippen molar-refractivity contribution in [3.05, 3.63) is 54.1 Å². The summed E-state index contributed by atoms with van der Waals surface area (Å²) in [4.78, 5) is 27.0. The smallest absolute Gasteiger partial charge is 0.247 e. The molecule has 1 saturated carbocycles. The Morgan fingerprint density at radius 3 is 2.23 bits per heavy atom. The van der Waals surface area contributed by atoms with Gasteiger partial charge in [-0.3, -0.25) is 9.59 Å². The Balaban J connectivity index is 1.79. The number of carbonyl (C=O) groups excluding carboxylic acids is 2. The van der Waals surface area contributed by atoms with Crippen LogP contribution in [0.4, 0.5) is 5.69 Å². The Bertz CT molecular complexity index is 955. The number of benzene rings is 2. The van der Waals surface area contributed by atoms with E-state index in [1.807, 2.05) is 37.3 Å². The third-order valence-corrected chi connectivity index (χ3v) is 7.21. The summed E-state index contributed by atoms with van der Waals surface area (Å²) in [6, 6.07) is 14.1. The zero-order valence-corrected chi connectivity index (χ0v) is 21.6. The molecule has 0 bridgehead atoms. The molecule has 7 nitrogen and oxygen atoms in total. The second kappa shape index (κ2) is 12.8. The molecule has 2 aromatic carbocycles. The fraction of sp³-hybridized carbons (Fsp3) is 0.481. The van der Waals surface area contributed by atoms with Gasteiger partial charge in [-0.2, -0.15) is 12.6 Å². The average Bonchev–Trinajstić information content (AvgIpc) is 2.89. The Hall–Kier alpha value is -2.71. The molecule has 2 aromatic rings. The van der Waals surface area contributed by atoms with Gasteiger partial charge in [0.05, 0.1) is 25.7 Å². The largest absolute Gasteiger partial charge is 0.497 e. The van der Waals surface area contributed by atoms with E-state index >= 15 is 0 Å². The first-order valence-electron chi connectivity index (χ1n) is 12.0. The molecule has 35 heavy (non-hydrogen) atoms. The number of hydrogen-bond donors (Lipinski definition) is 3. The average molecular weight is 501 g/mol. The van der Waals surface area contributed by atoms with E-state index in [4.69, 9.17) is 14.2 Å². The third kappa shape index (κ3) is 7.15. The maximum atomic E-state index is 13.6. The molecule has 3 rings (SSSR count). The van der Waals surface area contributed by atoms with Crippen LogP contribution in [-0.4, -0.2) is 50.5 Å². The molecule has 1 fully saturated rings. The van der Waals surface area contributed by atoms with E-state index in [0.717, 1.165) is 18.4 Å².